The zero-order chi connectivity index (χ0) is 18.5. The molecule has 0 aromatic heterocycles. The summed E-state index contributed by atoms with van der Waals surface area (Å²) in [6.45, 7) is 13.2. The van der Waals surface area contributed by atoms with Crippen LogP contribution in [0.1, 0.15) is 34.1 Å². The number of carboxylic acid groups (broad SMARTS) is 1. The molecule has 0 heterocycles. The third-order valence-electron chi connectivity index (χ3n) is 2.44. The highest BCUT2D eigenvalue weighted by atomic mass is 32.2. The maximum absolute atomic E-state index is 10.5. The van der Waals surface area contributed by atoms with Crippen molar-refractivity contribution in [1.29, 1.82) is 0 Å². The minimum Gasteiger partial charge on any atom is -0.542 e. The zero-order valence-electron chi connectivity index (χ0n) is 14.4. The van der Waals surface area contributed by atoms with Crippen LogP contribution in [0.4, 0.5) is 13.2 Å². The lowest BCUT2D eigenvalue weighted by atomic mass is 10.3. The van der Waals surface area contributed by atoms with Gasteiger partial charge < -0.3 is 26.3 Å². The van der Waals surface area contributed by atoms with Gasteiger partial charge in [0, 0.05) is 36.1 Å². The van der Waals surface area contributed by atoms with E-state index in [0.29, 0.717) is 10.8 Å². The van der Waals surface area contributed by atoms with Gasteiger partial charge in [0.2, 0.25) is 0 Å². The molecule has 140 valence electrons. The Balaban J connectivity index is 0. The molecule has 0 saturated heterocycles. The van der Waals surface area contributed by atoms with Gasteiger partial charge in [0.1, 0.15) is 5.97 Å². The minimum atomic E-state index is -5.19. The average molecular weight is 361 g/mol. The van der Waals surface area contributed by atoms with Gasteiger partial charge in [-0.25, -0.2) is 0 Å². The molecule has 1 atom stereocenters. The van der Waals surface area contributed by atoms with E-state index in [-0.39, 0.29) is 0 Å². The van der Waals surface area contributed by atoms with Crippen molar-refractivity contribution in [3.05, 3.63) is 0 Å². The number of aliphatic carboxylic acids is 1. The zero-order valence-corrected chi connectivity index (χ0v) is 15.2. The first-order valence-corrected chi connectivity index (χ1v) is 8.58. The molecule has 0 aliphatic rings. The average Bonchev–Trinajstić information content (AvgIpc) is 2.39. The number of quaternary nitrogens is 1. The summed E-state index contributed by atoms with van der Waals surface area (Å²) in [6.07, 6.45) is -4.02. The predicted molar refractivity (Wildman–Crippen MR) is 86.0 cm³/mol. The Morgan fingerprint density at radius 3 is 2.17 bits per heavy atom. The third-order valence-corrected chi connectivity index (χ3v) is 3.87. The molecule has 0 bridgehead atoms. The van der Waals surface area contributed by atoms with E-state index in [2.05, 4.69) is 44.1 Å². The van der Waals surface area contributed by atoms with Crippen LogP contribution in [0.5, 0.6) is 0 Å². The van der Waals surface area contributed by atoms with Crippen LogP contribution in [-0.2, 0) is 4.79 Å². The van der Waals surface area contributed by atoms with Gasteiger partial charge in [0.05, 0.1) is 6.54 Å². The van der Waals surface area contributed by atoms with Crippen molar-refractivity contribution < 1.29 is 28.8 Å². The van der Waals surface area contributed by atoms with Crippen LogP contribution in [0.15, 0.2) is 0 Å². The molecule has 0 saturated carbocycles. The van der Waals surface area contributed by atoms with Crippen molar-refractivity contribution in [3.63, 3.8) is 0 Å². The highest BCUT2D eigenvalue weighted by Crippen LogP contribution is 2.23. The van der Waals surface area contributed by atoms with Gasteiger partial charge in [-0.3, -0.25) is 0 Å². The van der Waals surface area contributed by atoms with Gasteiger partial charge in [0.25, 0.3) is 0 Å². The summed E-state index contributed by atoms with van der Waals surface area (Å²) in [7, 11) is 0. The van der Waals surface area contributed by atoms with Gasteiger partial charge in [-0.15, -0.1) is 0 Å². The molecule has 0 aliphatic heterocycles. The van der Waals surface area contributed by atoms with Crippen LogP contribution >= 0.6 is 11.8 Å². The fourth-order valence-corrected chi connectivity index (χ4v) is 2.29. The Labute approximate surface area is 141 Å². The lowest BCUT2D eigenvalue weighted by Gasteiger charge is -2.23. The van der Waals surface area contributed by atoms with E-state index in [1.165, 1.54) is 12.2 Å². The molecule has 0 aromatic rings. The fraction of sp³-hybridized carbons (Fsp3) is 0.929. The second kappa shape index (κ2) is 12.9. The molecule has 23 heavy (non-hydrogen) atoms. The number of carbonyl (C=O) groups excluding carboxylic acids is 1. The van der Waals surface area contributed by atoms with Gasteiger partial charge in [-0.2, -0.15) is 24.9 Å². The Hall–Kier alpha value is -0.510. The molecule has 0 unspecified atom stereocenters. The number of nitrogens with one attached hydrogen (secondary N) is 2. The SMILES string of the molecule is CCN[C@H](CNCCC[NH3+])CSC(C)(C)C.O=C([O-])C(F)(F)F. The highest BCUT2D eigenvalue weighted by Gasteiger charge is 2.28. The first-order valence-electron chi connectivity index (χ1n) is 7.59. The topological polar surface area (TPSA) is 91.8 Å². The van der Waals surface area contributed by atoms with E-state index in [1.54, 1.807) is 0 Å². The summed E-state index contributed by atoms with van der Waals surface area (Å²) in [5, 5.41) is 15.8. The van der Waals surface area contributed by atoms with Crippen molar-refractivity contribution in [3.8, 4) is 0 Å². The van der Waals surface area contributed by atoms with E-state index in [1.807, 2.05) is 11.8 Å². The molecular formula is C14H30F3N3O2S. The Morgan fingerprint density at radius 1 is 1.30 bits per heavy atom. The molecule has 0 spiro atoms. The molecule has 9 heteroatoms. The molecule has 0 aliphatic carbocycles. The summed E-state index contributed by atoms with van der Waals surface area (Å²) in [4.78, 5) is 8.78. The standard InChI is InChI=1S/C12H29N3S.C2HF3O2/c1-5-15-11(9-14-8-6-7-13)10-16-12(2,3)4;3-2(4,5)1(6)7/h11,14-15H,5-10,13H2,1-4H3;(H,6,7)/t11-;/m1./s1. The van der Waals surface area contributed by atoms with Crippen molar-refractivity contribution in [2.24, 2.45) is 0 Å². The predicted octanol–water partition coefficient (Wildman–Crippen LogP) is 0.0164. The first kappa shape index (κ1) is 24.7. The molecular weight excluding hydrogens is 331 g/mol. The fourth-order valence-electron chi connectivity index (χ4n) is 1.36. The second-order valence-electron chi connectivity index (χ2n) is 5.87. The molecule has 0 amide bonds. The number of alkyl halides is 3. The number of rotatable bonds is 9. The third kappa shape index (κ3) is 19.4. The maximum atomic E-state index is 10.5. The van der Waals surface area contributed by atoms with E-state index in [9.17, 15) is 13.2 Å². The van der Waals surface area contributed by atoms with E-state index in [4.69, 9.17) is 9.90 Å². The molecule has 0 aromatic carbocycles. The number of likely N-dealkylation sites (N-methyl/N-ethyl adjacent to an activating group) is 1. The Bertz CT molecular complexity index is 311. The second-order valence-corrected chi connectivity index (χ2v) is 7.72. The number of carboxylic acids is 1. The van der Waals surface area contributed by atoms with Crippen LogP contribution in [-0.4, -0.2) is 54.9 Å². The number of thioether (sulfide) groups is 1. The largest absolute Gasteiger partial charge is 0.542 e. The van der Waals surface area contributed by atoms with Gasteiger partial charge >= 0.3 is 6.18 Å². The van der Waals surface area contributed by atoms with Crippen molar-refractivity contribution >= 4 is 17.7 Å². The van der Waals surface area contributed by atoms with Crippen molar-refractivity contribution in [1.82, 2.24) is 10.6 Å². The smallest absolute Gasteiger partial charge is 0.430 e. The molecule has 0 rings (SSSR count). The van der Waals surface area contributed by atoms with Crippen LogP contribution in [0, 0.1) is 0 Å². The number of halogens is 3. The summed E-state index contributed by atoms with van der Waals surface area (Å²) in [6, 6.07) is 0.582. The van der Waals surface area contributed by atoms with Gasteiger partial charge in [-0.05, 0) is 6.54 Å². The van der Waals surface area contributed by atoms with Gasteiger partial charge in [-0.1, -0.05) is 27.7 Å². The quantitative estimate of drug-likeness (QED) is 0.504. The van der Waals surface area contributed by atoms with Crippen LogP contribution in [0.2, 0.25) is 0 Å². The molecule has 5 nitrogen and oxygen atoms in total. The first-order chi connectivity index (χ1) is 10.4. The summed E-state index contributed by atoms with van der Waals surface area (Å²) >= 11 is 2.03. The maximum Gasteiger partial charge on any atom is 0.430 e. The summed E-state index contributed by atoms with van der Waals surface area (Å²) < 4.78 is 31.9. The highest BCUT2D eigenvalue weighted by molar-refractivity contribution is 8.00. The van der Waals surface area contributed by atoms with Crippen molar-refractivity contribution in [2.45, 2.75) is 51.1 Å². The van der Waals surface area contributed by atoms with Gasteiger partial charge in [0.15, 0.2) is 0 Å². The molecule has 0 radical (unpaired) electrons. The van der Waals surface area contributed by atoms with Crippen molar-refractivity contribution in [2.75, 3.05) is 31.9 Å². The lowest BCUT2D eigenvalue weighted by Crippen LogP contribution is -2.51. The summed E-state index contributed by atoms with van der Waals surface area (Å²) in [5.74, 6) is -1.83. The molecule has 5 N–H and O–H groups in total. The minimum absolute atomic E-state index is 0.362. The normalized spacial score (nSPS) is 13.2. The summed E-state index contributed by atoms with van der Waals surface area (Å²) in [5.41, 5.74) is 3.85. The Kier molecular flexibility index (Phi) is 13.8. The molecule has 0 fully saturated rings. The lowest BCUT2D eigenvalue weighted by molar-refractivity contribution is -0.367. The van der Waals surface area contributed by atoms with Crippen LogP contribution in [0.3, 0.4) is 0 Å². The monoisotopic (exact) mass is 361 g/mol. The number of carbonyl (C=O) groups is 1. The van der Waals surface area contributed by atoms with E-state index >= 15 is 0 Å². The van der Waals surface area contributed by atoms with Crippen LogP contribution in [0.25, 0.3) is 0 Å². The number of hydrogen-bond acceptors (Lipinski definition) is 5. The van der Waals surface area contributed by atoms with E-state index in [0.717, 1.165) is 26.2 Å². The van der Waals surface area contributed by atoms with E-state index < -0.39 is 12.1 Å². The number of hydrogen-bond donors (Lipinski definition) is 3. The Morgan fingerprint density at radius 2 is 1.83 bits per heavy atom. The van der Waals surface area contributed by atoms with Crippen LogP contribution < -0.4 is 21.5 Å².